The normalized spacial score (nSPS) is 11.0. The molecule has 0 aliphatic rings. The third-order valence-electron chi connectivity index (χ3n) is 2.07. The van der Waals surface area contributed by atoms with E-state index in [1.54, 1.807) is 4.47 Å². The van der Waals surface area contributed by atoms with Crippen molar-refractivity contribution >= 4 is 20.9 Å². The molecule has 12 heavy (non-hydrogen) atoms. The van der Waals surface area contributed by atoms with Crippen LogP contribution in [0.2, 0.25) is 8.43 Å². The van der Waals surface area contributed by atoms with Crippen LogP contribution in [0.15, 0.2) is 0 Å². The molecule has 0 fully saturated rings. The van der Waals surface area contributed by atoms with E-state index in [1.165, 1.54) is 38.5 Å². The fraction of sp³-hybridized carbons (Fsp3) is 1.00. The molecule has 0 saturated carbocycles. The molecule has 0 saturated heterocycles. The molecular formula is C11H24Te. The Morgan fingerprint density at radius 3 is 1.92 bits per heavy atom. The van der Waals surface area contributed by atoms with Gasteiger partial charge < -0.3 is 0 Å². The summed E-state index contributed by atoms with van der Waals surface area (Å²) >= 11 is 0.368. The van der Waals surface area contributed by atoms with Gasteiger partial charge in [-0.3, -0.25) is 0 Å². The Morgan fingerprint density at radius 2 is 1.50 bits per heavy atom. The number of hydrogen-bond donors (Lipinski definition) is 0. The van der Waals surface area contributed by atoms with Crippen molar-refractivity contribution in [3.63, 3.8) is 0 Å². The SMILES string of the molecule is CCCC[Te]C(CCC)CCC. The van der Waals surface area contributed by atoms with Gasteiger partial charge in [0.15, 0.2) is 0 Å². The van der Waals surface area contributed by atoms with E-state index in [9.17, 15) is 0 Å². The molecule has 0 radical (unpaired) electrons. The molecule has 0 aromatic heterocycles. The van der Waals surface area contributed by atoms with Crippen LogP contribution in [-0.4, -0.2) is 20.9 Å². The summed E-state index contributed by atoms with van der Waals surface area (Å²) in [6, 6.07) is 0. The van der Waals surface area contributed by atoms with Gasteiger partial charge in [-0.05, 0) is 0 Å². The molecule has 0 aromatic carbocycles. The Kier molecular flexibility index (Phi) is 10.5. The van der Waals surface area contributed by atoms with Crippen molar-refractivity contribution < 1.29 is 0 Å². The van der Waals surface area contributed by atoms with Gasteiger partial charge in [-0.2, -0.15) is 0 Å². The van der Waals surface area contributed by atoms with E-state index in [0.29, 0.717) is 20.9 Å². The Hall–Kier alpha value is 0.790. The van der Waals surface area contributed by atoms with Crippen molar-refractivity contribution in [3.8, 4) is 0 Å². The molecule has 0 nitrogen and oxygen atoms in total. The molecule has 0 heterocycles. The van der Waals surface area contributed by atoms with E-state index in [2.05, 4.69) is 20.8 Å². The maximum atomic E-state index is 2.33. The average Bonchev–Trinajstić information content (AvgIpc) is 2.06. The zero-order valence-corrected chi connectivity index (χ0v) is 11.3. The van der Waals surface area contributed by atoms with E-state index < -0.39 is 0 Å². The van der Waals surface area contributed by atoms with Crippen LogP contribution >= 0.6 is 0 Å². The third kappa shape index (κ3) is 7.44. The first-order chi connectivity index (χ1) is 5.85. The summed E-state index contributed by atoms with van der Waals surface area (Å²) in [5.74, 6) is 0. The topological polar surface area (TPSA) is 0 Å². The van der Waals surface area contributed by atoms with Crippen LogP contribution in [0.4, 0.5) is 0 Å². The fourth-order valence-corrected chi connectivity index (χ4v) is 5.90. The van der Waals surface area contributed by atoms with Gasteiger partial charge in [-0.15, -0.1) is 0 Å². The first-order valence-corrected chi connectivity index (χ1v) is 8.46. The minimum atomic E-state index is 0.368. The molecule has 0 spiro atoms. The van der Waals surface area contributed by atoms with Crippen LogP contribution in [-0.2, 0) is 0 Å². The van der Waals surface area contributed by atoms with Crippen LogP contribution in [0.3, 0.4) is 0 Å². The zero-order chi connectivity index (χ0) is 9.23. The van der Waals surface area contributed by atoms with E-state index >= 15 is 0 Å². The van der Waals surface area contributed by atoms with Gasteiger partial charge in [0.2, 0.25) is 0 Å². The van der Waals surface area contributed by atoms with E-state index in [0.717, 1.165) is 3.97 Å². The Morgan fingerprint density at radius 1 is 0.917 bits per heavy atom. The summed E-state index contributed by atoms with van der Waals surface area (Å²) in [6.07, 6.45) is 8.73. The van der Waals surface area contributed by atoms with Crippen molar-refractivity contribution in [3.05, 3.63) is 0 Å². The van der Waals surface area contributed by atoms with Crippen LogP contribution in [0.25, 0.3) is 0 Å². The third-order valence-corrected chi connectivity index (χ3v) is 6.26. The second kappa shape index (κ2) is 9.87. The summed E-state index contributed by atoms with van der Waals surface area (Å²) < 4.78 is 2.75. The molecule has 0 N–H and O–H groups in total. The van der Waals surface area contributed by atoms with Crippen LogP contribution < -0.4 is 0 Å². The Balaban J connectivity index is 3.34. The molecule has 0 rings (SSSR count). The predicted octanol–water partition coefficient (Wildman–Crippen LogP) is 4.30. The zero-order valence-electron chi connectivity index (χ0n) is 8.94. The standard InChI is InChI=1S/C11H24Te/c1-4-7-10-12-11(8-5-2)9-6-3/h11H,4-10H2,1-3H3. The molecule has 0 aromatic rings. The number of hydrogen-bond acceptors (Lipinski definition) is 0. The monoisotopic (exact) mass is 286 g/mol. The van der Waals surface area contributed by atoms with E-state index in [4.69, 9.17) is 0 Å². The van der Waals surface area contributed by atoms with Crippen molar-refractivity contribution in [2.45, 2.75) is 67.7 Å². The van der Waals surface area contributed by atoms with Crippen molar-refractivity contribution in [2.24, 2.45) is 0 Å². The van der Waals surface area contributed by atoms with Gasteiger partial charge in [-0.1, -0.05) is 0 Å². The Bertz CT molecular complexity index is 75.1. The minimum absolute atomic E-state index is 0.368. The molecule has 0 bridgehead atoms. The van der Waals surface area contributed by atoms with Gasteiger partial charge in [0, 0.05) is 0 Å². The second-order valence-corrected chi connectivity index (χ2v) is 7.44. The number of rotatable bonds is 8. The first kappa shape index (κ1) is 12.8. The average molecular weight is 284 g/mol. The summed E-state index contributed by atoms with van der Waals surface area (Å²) in [5, 5.41) is 0. The predicted molar refractivity (Wildman–Crippen MR) is 59.0 cm³/mol. The second-order valence-electron chi connectivity index (χ2n) is 3.42. The fourth-order valence-electron chi connectivity index (χ4n) is 1.35. The molecule has 1 heteroatoms. The van der Waals surface area contributed by atoms with Crippen molar-refractivity contribution in [2.75, 3.05) is 0 Å². The molecule has 0 atom stereocenters. The van der Waals surface area contributed by atoms with Gasteiger partial charge in [0.1, 0.15) is 0 Å². The van der Waals surface area contributed by atoms with Gasteiger partial charge in [0.25, 0.3) is 0 Å². The van der Waals surface area contributed by atoms with Gasteiger partial charge >= 0.3 is 88.7 Å². The molecule has 0 amide bonds. The molecule has 0 unspecified atom stereocenters. The molecule has 0 aliphatic carbocycles. The summed E-state index contributed by atoms with van der Waals surface area (Å²) in [5.41, 5.74) is 0. The van der Waals surface area contributed by atoms with E-state index in [1.807, 2.05) is 0 Å². The first-order valence-electron chi connectivity index (χ1n) is 5.46. The molecule has 74 valence electrons. The molecule has 0 aliphatic heterocycles. The summed E-state index contributed by atoms with van der Waals surface area (Å²) in [7, 11) is 0. The summed E-state index contributed by atoms with van der Waals surface area (Å²) in [4.78, 5) is 0. The quantitative estimate of drug-likeness (QED) is 0.460. The van der Waals surface area contributed by atoms with Crippen LogP contribution in [0.1, 0.15) is 59.3 Å². The molecular weight excluding hydrogens is 260 g/mol. The van der Waals surface area contributed by atoms with Crippen molar-refractivity contribution in [1.82, 2.24) is 0 Å². The van der Waals surface area contributed by atoms with Gasteiger partial charge in [-0.25, -0.2) is 0 Å². The van der Waals surface area contributed by atoms with Crippen LogP contribution in [0, 0.1) is 0 Å². The number of unbranched alkanes of at least 4 members (excludes halogenated alkanes) is 1. The van der Waals surface area contributed by atoms with Crippen LogP contribution in [0.5, 0.6) is 0 Å². The van der Waals surface area contributed by atoms with Gasteiger partial charge in [0.05, 0.1) is 0 Å². The Labute approximate surface area is 88.6 Å². The van der Waals surface area contributed by atoms with Crippen molar-refractivity contribution in [1.29, 1.82) is 0 Å². The van der Waals surface area contributed by atoms with E-state index in [-0.39, 0.29) is 0 Å². The summed E-state index contributed by atoms with van der Waals surface area (Å²) in [6.45, 7) is 6.96. The maximum absolute atomic E-state index is 2.33.